The summed E-state index contributed by atoms with van der Waals surface area (Å²) in [4.78, 5) is 28.2. The summed E-state index contributed by atoms with van der Waals surface area (Å²) in [5.41, 5.74) is 1.29. The quantitative estimate of drug-likeness (QED) is 0.841. The number of piperazine rings is 1. The number of rotatable bonds is 2. The molecule has 0 unspecified atom stereocenters. The molecule has 4 nitrogen and oxygen atoms in total. The van der Waals surface area contributed by atoms with E-state index >= 15 is 0 Å². The third-order valence-electron chi connectivity index (χ3n) is 4.35. The molecule has 3 rings (SSSR count). The Labute approximate surface area is 144 Å². The molecule has 0 aliphatic carbocycles. The first kappa shape index (κ1) is 17.1. The first-order chi connectivity index (χ1) is 12.0. The number of halogens is 2. The Morgan fingerprint density at radius 1 is 0.800 bits per heavy atom. The van der Waals surface area contributed by atoms with Gasteiger partial charge in [-0.25, -0.2) is 8.78 Å². The van der Waals surface area contributed by atoms with Gasteiger partial charge in [0.15, 0.2) is 0 Å². The third-order valence-corrected chi connectivity index (χ3v) is 4.35. The van der Waals surface area contributed by atoms with Crippen LogP contribution in [0.3, 0.4) is 0 Å². The molecular weight excluding hydrogens is 326 g/mol. The lowest BCUT2D eigenvalue weighted by Gasteiger charge is -2.35. The van der Waals surface area contributed by atoms with Crippen LogP contribution in [0.15, 0.2) is 42.5 Å². The number of hydrogen-bond acceptors (Lipinski definition) is 2. The highest BCUT2D eigenvalue weighted by Gasteiger charge is 2.25. The van der Waals surface area contributed by atoms with E-state index in [1.807, 2.05) is 0 Å². The van der Waals surface area contributed by atoms with E-state index in [-0.39, 0.29) is 23.4 Å². The lowest BCUT2D eigenvalue weighted by Crippen LogP contribution is -2.50. The van der Waals surface area contributed by atoms with Gasteiger partial charge in [0.1, 0.15) is 11.6 Å². The number of benzene rings is 2. The third kappa shape index (κ3) is 3.68. The Bertz CT molecular complexity index is 798. The number of carbonyl (C=O) groups excluding carboxylic acids is 2. The molecule has 0 bridgehead atoms. The van der Waals surface area contributed by atoms with Crippen molar-refractivity contribution in [1.29, 1.82) is 0 Å². The van der Waals surface area contributed by atoms with Crippen LogP contribution in [0.4, 0.5) is 8.78 Å². The number of carbonyl (C=O) groups is 2. The molecule has 1 heterocycles. The molecule has 1 aliphatic rings. The summed E-state index contributed by atoms with van der Waals surface area (Å²) in [6, 6.07) is 9.71. The van der Waals surface area contributed by atoms with Gasteiger partial charge in [0.05, 0.1) is 0 Å². The minimum Gasteiger partial charge on any atom is -0.335 e. The van der Waals surface area contributed by atoms with Gasteiger partial charge in [-0.15, -0.1) is 0 Å². The van der Waals surface area contributed by atoms with Gasteiger partial charge in [0.2, 0.25) is 0 Å². The molecular formula is C19H18F2N2O2. The molecule has 130 valence electrons. The number of aryl methyl sites for hydroxylation is 1. The summed E-state index contributed by atoms with van der Waals surface area (Å²) < 4.78 is 26.3. The summed E-state index contributed by atoms with van der Waals surface area (Å²) in [7, 11) is 0. The van der Waals surface area contributed by atoms with Crippen molar-refractivity contribution in [3.8, 4) is 0 Å². The predicted molar refractivity (Wildman–Crippen MR) is 89.3 cm³/mol. The molecule has 1 fully saturated rings. The summed E-state index contributed by atoms with van der Waals surface area (Å²) in [6.45, 7) is 3.24. The first-order valence-corrected chi connectivity index (χ1v) is 8.06. The summed E-state index contributed by atoms with van der Waals surface area (Å²) in [6.07, 6.45) is 0. The van der Waals surface area contributed by atoms with Crippen LogP contribution in [0.25, 0.3) is 0 Å². The molecule has 0 spiro atoms. The van der Waals surface area contributed by atoms with Gasteiger partial charge in [-0.1, -0.05) is 0 Å². The van der Waals surface area contributed by atoms with E-state index in [1.54, 1.807) is 16.7 Å². The fourth-order valence-electron chi connectivity index (χ4n) is 2.85. The van der Waals surface area contributed by atoms with Gasteiger partial charge in [0, 0.05) is 37.3 Å². The summed E-state index contributed by atoms with van der Waals surface area (Å²) in [5, 5.41) is 0. The lowest BCUT2D eigenvalue weighted by molar-refractivity contribution is 0.0535. The fourth-order valence-corrected chi connectivity index (χ4v) is 2.85. The van der Waals surface area contributed by atoms with Gasteiger partial charge >= 0.3 is 0 Å². The maximum Gasteiger partial charge on any atom is 0.253 e. The van der Waals surface area contributed by atoms with Crippen molar-refractivity contribution in [2.45, 2.75) is 6.92 Å². The van der Waals surface area contributed by atoms with Crippen LogP contribution in [-0.2, 0) is 0 Å². The van der Waals surface area contributed by atoms with E-state index in [1.165, 1.54) is 42.5 Å². The zero-order valence-corrected chi connectivity index (χ0v) is 13.8. The molecule has 1 saturated heterocycles. The number of nitrogens with zero attached hydrogens (tertiary/aromatic N) is 2. The highest BCUT2D eigenvalue weighted by Crippen LogP contribution is 2.15. The number of hydrogen-bond donors (Lipinski definition) is 0. The van der Waals surface area contributed by atoms with E-state index in [0.29, 0.717) is 42.9 Å². The van der Waals surface area contributed by atoms with Gasteiger partial charge in [-0.05, 0) is 55.0 Å². The van der Waals surface area contributed by atoms with E-state index in [2.05, 4.69) is 0 Å². The molecule has 2 aromatic rings. The summed E-state index contributed by atoms with van der Waals surface area (Å²) >= 11 is 0. The molecule has 6 heteroatoms. The largest absolute Gasteiger partial charge is 0.335 e. The zero-order valence-electron chi connectivity index (χ0n) is 13.8. The highest BCUT2D eigenvalue weighted by molar-refractivity contribution is 5.96. The van der Waals surface area contributed by atoms with E-state index in [4.69, 9.17) is 0 Å². The Morgan fingerprint density at radius 3 is 1.80 bits per heavy atom. The molecule has 0 radical (unpaired) electrons. The Balaban J connectivity index is 1.63. The molecule has 0 N–H and O–H groups in total. The maximum absolute atomic E-state index is 13.3. The maximum atomic E-state index is 13.3. The number of amides is 2. The van der Waals surface area contributed by atoms with Crippen molar-refractivity contribution in [3.63, 3.8) is 0 Å². The first-order valence-electron chi connectivity index (χ1n) is 8.06. The van der Waals surface area contributed by atoms with E-state index in [0.717, 1.165) is 0 Å². The second-order valence-corrected chi connectivity index (χ2v) is 6.06. The Hall–Kier alpha value is -2.76. The van der Waals surface area contributed by atoms with Crippen molar-refractivity contribution in [3.05, 3.63) is 70.8 Å². The lowest BCUT2D eigenvalue weighted by atomic mass is 10.1. The van der Waals surface area contributed by atoms with Crippen molar-refractivity contribution < 1.29 is 18.4 Å². The van der Waals surface area contributed by atoms with Crippen LogP contribution in [0.5, 0.6) is 0 Å². The molecule has 2 aromatic carbocycles. The van der Waals surface area contributed by atoms with Gasteiger partial charge in [-0.2, -0.15) is 0 Å². The van der Waals surface area contributed by atoms with Crippen LogP contribution in [-0.4, -0.2) is 47.8 Å². The van der Waals surface area contributed by atoms with Crippen molar-refractivity contribution in [2.75, 3.05) is 26.2 Å². The smallest absolute Gasteiger partial charge is 0.253 e. The van der Waals surface area contributed by atoms with Gasteiger partial charge in [0.25, 0.3) is 11.8 Å². The standard InChI is InChI=1S/C19H18F2N2O2/c1-13-12-15(4-7-17(13)21)19(25)23-10-8-22(9-11-23)18(24)14-2-5-16(20)6-3-14/h2-7,12H,8-11H2,1H3. The zero-order chi connectivity index (χ0) is 18.0. The molecule has 25 heavy (non-hydrogen) atoms. The average Bonchev–Trinajstić information content (AvgIpc) is 2.63. The molecule has 0 aromatic heterocycles. The minimum atomic E-state index is -0.387. The van der Waals surface area contributed by atoms with Crippen LogP contribution >= 0.6 is 0 Å². The van der Waals surface area contributed by atoms with Crippen LogP contribution < -0.4 is 0 Å². The SMILES string of the molecule is Cc1cc(C(=O)N2CCN(C(=O)c3ccc(F)cc3)CC2)ccc1F. The monoisotopic (exact) mass is 344 g/mol. The van der Waals surface area contributed by atoms with Crippen molar-refractivity contribution >= 4 is 11.8 Å². The van der Waals surface area contributed by atoms with Crippen LogP contribution in [0, 0.1) is 18.6 Å². The topological polar surface area (TPSA) is 40.6 Å². The van der Waals surface area contributed by atoms with Crippen molar-refractivity contribution in [2.24, 2.45) is 0 Å². The fraction of sp³-hybridized carbons (Fsp3) is 0.263. The normalized spacial score (nSPS) is 14.5. The average molecular weight is 344 g/mol. The second kappa shape index (κ2) is 7.01. The highest BCUT2D eigenvalue weighted by atomic mass is 19.1. The van der Waals surface area contributed by atoms with Crippen molar-refractivity contribution in [1.82, 2.24) is 9.80 Å². The molecule has 0 atom stereocenters. The van der Waals surface area contributed by atoms with E-state index < -0.39 is 0 Å². The second-order valence-electron chi connectivity index (χ2n) is 6.06. The van der Waals surface area contributed by atoms with E-state index in [9.17, 15) is 18.4 Å². The minimum absolute atomic E-state index is 0.169. The van der Waals surface area contributed by atoms with Crippen LogP contribution in [0.2, 0.25) is 0 Å². The van der Waals surface area contributed by atoms with Gasteiger partial charge in [-0.3, -0.25) is 9.59 Å². The van der Waals surface area contributed by atoms with Crippen LogP contribution in [0.1, 0.15) is 26.3 Å². The molecule has 1 aliphatic heterocycles. The predicted octanol–water partition coefficient (Wildman–Crippen LogP) is 2.87. The van der Waals surface area contributed by atoms with Gasteiger partial charge < -0.3 is 9.80 Å². The molecule has 0 saturated carbocycles. The summed E-state index contributed by atoms with van der Waals surface area (Å²) in [5.74, 6) is -1.07. The Kier molecular flexibility index (Phi) is 4.79. The Morgan fingerprint density at radius 2 is 1.28 bits per heavy atom. The molecule has 2 amide bonds.